The van der Waals surface area contributed by atoms with Gasteiger partial charge in [-0.15, -0.1) is 0 Å². The Balaban J connectivity index is 2.69. The van der Waals surface area contributed by atoms with Crippen molar-refractivity contribution in [2.45, 2.75) is 33.1 Å². The van der Waals surface area contributed by atoms with Crippen LogP contribution < -0.4 is 10.6 Å². The predicted molar refractivity (Wildman–Crippen MR) is 81.2 cm³/mol. The SMILES string of the molecule is CCCN/C=C(/C#N)C(=O)Nc1ccc(C(C)C)cc1. The Labute approximate surface area is 120 Å². The smallest absolute Gasteiger partial charge is 0.267 e. The Kier molecular flexibility index (Phi) is 6.31. The normalized spacial score (nSPS) is 11.1. The van der Waals surface area contributed by atoms with Crippen molar-refractivity contribution in [3.05, 3.63) is 41.6 Å². The Morgan fingerprint density at radius 3 is 2.50 bits per heavy atom. The molecule has 4 heteroatoms. The third kappa shape index (κ3) is 4.77. The average Bonchev–Trinajstić information content (AvgIpc) is 2.44. The van der Waals surface area contributed by atoms with Gasteiger partial charge in [0.15, 0.2) is 0 Å². The second kappa shape index (κ2) is 8.00. The summed E-state index contributed by atoms with van der Waals surface area (Å²) in [6, 6.07) is 9.55. The summed E-state index contributed by atoms with van der Waals surface area (Å²) in [5.74, 6) is 0.0564. The fraction of sp³-hybridized carbons (Fsp3) is 0.375. The quantitative estimate of drug-likeness (QED) is 0.474. The highest BCUT2D eigenvalue weighted by Gasteiger charge is 2.09. The molecule has 0 aliphatic heterocycles. The largest absolute Gasteiger partial charge is 0.390 e. The fourth-order valence-electron chi connectivity index (χ4n) is 1.62. The topological polar surface area (TPSA) is 64.9 Å². The highest BCUT2D eigenvalue weighted by Crippen LogP contribution is 2.17. The molecule has 0 saturated heterocycles. The van der Waals surface area contributed by atoms with Crippen molar-refractivity contribution in [2.75, 3.05) is 11.9 Å². The minimum Gasteiger partial charge on any atom is -0.390 e. The zero-order chi connectivity index (χ0) is 15.0. The summed E-state index contributed by atoms with van der Waals surface area (Å²) >= 11 is 0. The van der Waals surface area contributed by atoms with E-state index < -0.39 is 5.91 Å². The van der Waals surface area contributed by atoms with Crippen LogP contribution in [0.25, 0.3) is 0 Å². The molecular formula is C16H21N3O. The van der Waals surface area contributed by atoms with Crippen molar-refractivity contribution in [1.82, 2.24) is 5.32 Å². The van der Waals surface area contributed by atoms with Gasteiger partial charge >= 0.3 is 0 Å². The molecule has 0 aliphatic rings. The molecule has 1 aromatic rings. The minimum atomic E-state index is -0.395. The van der Waals surface area contributed by atoms with Gasteiger partial charge in [0.05, 0.1) is 0 Å². The maximum Gasteiger partial charge on any atom is 0.267 e. The number of nitrogens with zero attached hydrogens (tertiary/aromatic N) is 1. The molecule has 0 radical (unpaired) electrons. The van der Waals surface area contributed by atoms with E-state index in [1.165, 1.54) is 11.8 Å². The van der Waals surface area contributed by atoms with Gasteiger partial charge in [0.25, 0.3) is 5.91 Å². The number of rotatable bonds is 6. The average molecular weight is 271 g/mol. The van der Waals surface area contributed by atoms with Crippen LogP contribution in [0.4, 0.5) is 5.69 Å². The van der Waals surface area contributed by atoms with E-state index in [0.717, 1.165) is 13.0 Å². The summed E-state index contributed by atoms with van der Waals surface area (Å²) in [5, 5.41) is 14.6. The molecule has 106 valence electrons. The summed E-state index contributed by atoms with van der Waals surface area (Å²) in [6.07, 6.45) is 2.40. The lowest BCUT2D eigenvalue weighted by molar-refractivity contribution is -0.112. The Bertz CT molecular complexity index is 510. The van der Waals surface area contributed by atoms with Crippen LogP contribution in [0, 0.1) is 11.3 Å². The van der Waals surface area contributed by atoms with Gasteiger partial charge in [-0.05, 0) is 30.0 Å². The molecule has 0 atom stereocenters. The van der Waals surface area contributed by atoms with Gasteiger partial charge in [-0.1, -0.05) is 32.9 Å². The molecule has 1 rings (SSSR count). The Hall–Kier alpha value is -2.28. The van der Waals surface area contributed by atoms with Crippen LogP contribution in [0.15, 0.2) is 36.0 Å². The van der Waals surface area contributed by atoms with Crippen molar-refractivity contribution >= 4 is 11.6 Å². The molecule has 1 aromatic carbocycles. The van der Waals surface area contributed by atoms with Gasteiger partial charge in [-0.2, -0.15) is 5.26 Å². The van der Waals surface area contributed by atoms with Crippen LogP contribution in [0.1, 0.15) is 38.7 Å². The van der Waals surface area contributed by atoms with Gasteiger partial charge in [-0.3, -0.25) is 4.79 Å². The van der Waals surface area contributed by atoms with E-state index in [4.69, 9.17) is 5.26 Å². The maximum atomic E-state index is 11.9. The van der Waals surface area contributed by atoms with E-state index >= 15 is 0 Å². The second-order valence-corrected chi connectivity index (χ2v) is 4.85. The van der Waals surface area contributed by atoms with Crippen LogP contribution in [-0.2, 0) is 4.79 Å². The van der Waals surface area contributed by atoms with Gasteiger partial charge in [-0.25, -0.2) is 0 Å². The number of benzene rings is 1. The molecule has 0 fully saturated rings. The molecule has 0 saturated carbocycles. The second-order valence-electron chi connectivity index (χ2n) is 4.85. The van der Waals surface area contributed by atoms with E-state index in [2.05, 4.69) is 24.5 Å². The highest BCUT2D eigenvalue weighted by molar-refractivity contribution is 6.06. The number of nitrogens with one attached hydrogen (secondary N) is 2. The molecule has 1 amide bonds. The highest BCUT2D eigenvalue weighted by atomic mass is 16.1. The molecule has 2 N–H and O–H groups in total. The number of hydrogen-bond donors (Lipinski definition) is 2. The Morgan fingerprint density at radius 2 is 2.00 bits per heavy atom. The summed E-state index contributed by atoms with van der Waals surface area (Å²) in [5.41, 5.74) is 1.98. The van der Waals surface area contributed by atoms with E-state index in [-0.39, 0.29) is 5.57 Å². The summed E-state index contributed by atoms with van der Waals surface area (Å²) in [4.78, 5) is 11.9. The van der Waals surface area contributed by atoms with Gasteiger partial charge in [0, 0.05) is 18.4 Å². The summed E-state index contributed by atoms with van der Waals surface area (Å²) in [6.45, 7) is 6.98. The maximum absolute atomic E-state index is 11.9. The molecule has 20 heavy (non-hydrogen) atoms. The summed E-state index contributed by atoms with van der Waals surface area (Å²) < 4.78 is 0. The van der Waals surface area contributed by atoms with Crippen molar-refractivity contribution in [3.63, 3.8) is 0 Å². The van der Waals surface area contributed by atoms with Crippen LogP contribution in [0.3, 0.4) is 0 Å². The van der Waals surface area contributed by atoms with Crippen molar-refractivity contribution in [3.8, 4) is 6.07 Å². The third-order valence-corrected chi connectivity index (χ3v) is 2.84. The van der Waals surface area contributed by atoms with Crippen LogP contribution in [-0.4, -0.2) is 12.5 Å². The molecule has 0 bridgehead atoms. The first-order valence-electron chi connectivity index (χ1n) is 6.83. The molecule has 0 heterocycles. The van der Waals surface area contributed by atoms with Gasteiger partial charge in [0.2, 0.25) is 0 Å². The van der Waals surface area contributed by atoms with Crippen LogP contribution in [0.5, 0.6) is 0 Å². The third-order valence-electron chi connectivity index (χ3n) is 2.84. The molecule has 0 unspecified atom stereocenters. The number of carbonyl (C=O) groups excluding carboxylic acids is 1. The number of nitriles is 1. The van der Waals surface area contributed by atoms with E-state index in [0.29, 0.717) is 11.6 Å². The standard InChI is InChI=1S/C16H21N3O/c1-4-9-18-11-14(10-17)16(20)19-15-7-5-13(6-8-15)12(2)3/h5-8,11-12,18H,4,9H2,1-3H3,(H,19,20)/b14-11-. The first-order valence-corrected chi connectivity index (χ1v) is 6.83. The number of carbonyl (C=O) groups is 1. The number of amides is 1. The first kappa shape index (κ1) is 15.8. The fourth-order valence-corrected chi connectivity index (χ4v) is 1.62. The number of hydrogen-bond acceptors (Lipinski definition) is 3. The molecular weight excluding hydrogens is 250 g/mol. The van der Waals surface area contributed by atoms with E-state index in [1.54, 1.807) is 0 Å². The molecule has 0 spiro atoms. The van der Waals surface area contributed by atoms with Crippen molar-refractivity contribution in [1.29, 1.82) is 5.26 Å². The van der Waals surface area contributed by atoms with Crippen molar-refractivity contribution in [2.24, 2.45) is 0 Å². The van der Waals surface area contributed by atoms with E-state index in [9.17, 15) is 4.79 Å². The predicted octanol–water partition coefficient (Wildman–Crippen LogP) is 3.16. The molecule has 4 nitrogen and oxygen atoms in total. The lowest BCUT2D eigenvalue weighted by Crippen LogP contribution is -2.17. The first-order chi connectivity index (χ1) is 9.58. The van der Waals surface area contributed by atoms with Gasteiger partial charge < -0.3 is 10.6 Å². The minimum absolute atomic E-state index is 0.0754. The zero-order valence-corrected chi connectivity index (χ0v) is 12.2. The lowest BCUT2D eigenvalue weighted by atomic mass is 10.0. The molecule has 0 aliphatic carbocycles. The molecule has 0 aromatic heterocycles. The van der Waals surface area contributed by atoms with E-state index in [1.807, 2.05) is 37.3 Å². The Morgan fingerprint density at radius 1 is 1.35 bits per heavy atom. The zero-order valence-electron chi connectivity index (χ0n) is 12.2. The van der Waals surface area contributed by atoms with Crippen LogP contribution >= 0.6 is 0 Å². The monoisotopic (exact) mass is 271 g/mol. The summed E-state index contributed by atoms with van der Waals surface area (Å²) in [7, 11) is 0. The van der Waals surface area contributed by atoms with Crippen LogP contribution in [0.2, 0.25) is 0 Å². The van der Waals surface area contributed by atoms with Crippen molar-refractivity contribution < 1.29 is 4.79 Å². The van der Waals surface area contributed by atoms with Gasteiger partial charge in [0.1, 0.15) is 11.6 Å². The lowest BCUT2D eigenvalue weighted by Gasteiger charge is -2.08. The number of anilines is 1.